The number of carbonyl (C=O) groups excluding carboxylic acids is 1. The highest BCUT2D eigenvalue weighted by Gasteiger charge is 2.29. The first-order chi connectivity index (χ1) is 10.7. The van der Waals surface area contributed by atoms with E-state index in [1.165, 1.54) is 11.3 Å². The van der Waals surface area contributed by atoms with Crippen molar-refractivity contribution in [3.05, 3.63) is 35.3 Å². The Hall–Kier alpha value is -1.92. The number of aromatic nitrogens is 1. The van der Waals surface area contributed by atoms with Gasteiger partial charge in [0.1, 0.15) is 16.5 Å². The fraction of sp³-hybridized carbons (Fsp3) is 0.375. The molecular weight excluding hydrogens is 298 g/mol. The first-order valence-corrected chi connectivity index (χ1v) is 8.22. The molecule has 1 aliphatic rings. The van der Waals surface area contributed by atoms with E-state index in [0.29, 0.717) is 12.2 Å². The number of rotatable bonds is 4. The van der Waals surface area contributed by atoms with Crippen LogP contribution in [-0.2, 0) is 0 Å². The van der Waals surface area contributed by atoms with E-state index in [9.17, 15) is 4.79 Å². The van der Waals surface area contributed by atoms with Gasteiger partial charge in [0.15, 0.2) is 0 Å². The molecule has 22 heavy (non-hydrogen) atoms. The van der Waals surface area contributed by atoms with Gasteiger partial charge in [-0.25, -0.2) is 4.98 Å². The first kappa shape index (κ1) is 15.0. The number of nitrogens with zero attached hydrogens (tertiary/aromatic N) is 2. The number of hydrogen-bond acceptors (Lipinski definition) is 5. The number of ether oxygens (including phenoxy) is 1. The van der Waals surface area contributed by atoms with Gasteiger partial charge < -0.3 is 15.4 Å². The lowest BCUT2D eigenvalue weighted by atomic mass is 10.2. The van der Waals surface area contributed by atoms with Crippen LogP contribution in [0.2, 0.25) is 0 Å². The molecule has 5 nitrogen and oxygen atoms in total. The Morgan fingerprint density at radius 2 is 2.32 bits per heavy atom. The van der Waals surface area contributed by atoms with Crippen molar-refractivity contribution in [2.75, 3.05) is 20.2 Å². The van der Waals surface area contributed by atoms with Crippen LogP contribution >= 0.6 is 11.3 Å². The Bertz CT molecular complexity index is 671. The van der Waals surface area contributed by atoms with Crippen LogP contribution in [0, 0.1) is 0 Å². The monoisotopic (exact) mass is 317 g/mol. The van der Waals surface area contributed by atoms with E-state index in [1.54, 1.807) is 7.11 Å². The van der Waals surface area contributed by atoms with Crippen LogP contribution in [0.1, 0.15) is 23.3 Å². The fourth-order valence-corrected chi connectivity index (χ4v) is 3.64. The van der Waals surface area contributed by atoms with E-state index in [0.717, 1.165) is 35.7 Å². The van der Waals surface area contributed by atoms with Crippen LogP contribution in [0.5, 0.6) is 5.75 Å². The quantitative estimate of drug-likeness (QED) is 0.940. The summed E-state index contributed by atoms with van der Waals surface area (Å²) in [6.45, 7) is 1.28. The van der Waals surface area contributed by atoms with Crippen molar-refractivity contribution in [2.24, 2.45) is 5.73 Å². The Kier molecular flexibility index (Phi) is 4.40. The van der Waals surface area contributed by atoms with Gasteiger partial charge in [0.05, 0.1) is 12.7 Å². The Morgan fingerprint density at radius 3 is 3.09 bits per heavy atom. The van der Waals surface area contributed by atoms with Gasteiger partial charge in [0, 0.05) is 24.5 Å². The zero-order chi connectivity index (χ0) is 15.5. The second-order valence-electron chi connectivity index (χ2n) is 5.27. The lowest BCUT2D eigenvalue weighted by Crippen LogP contribution is -2.40. The molecule has 0 bridgehead atoms. The van der Waals surface area contributed by atoms with Gasteiger partial charge in [-0.1, -0.05) is 12.1 Å². The number of nitrogens with two attached hydrogens (primary N) is 1. The fourth-order valence-electron chi connectivity index (χ4n) is 2.81. The number of benzene rings is 1. The van der Waals surface area contributed by atoms with Crippen LogP contribution in [0.4, 0.5) is 0 Å². The third-order valence-corrected chi connectivity index (χ3v) is 4.85. The van der Waals surface area contributed by atoms with Gasteiger partial charge in [-0.3, -0.25) is 4.79 Å². The molecule has 2 aromatic rings. The average molecular weight is 317 g/mol. The number of amides is 1. The van der Waals surface area contributed by atoms with E-state index in [2.05, 4.69) is 4.98 Å². The zero-order valence-corrected chi connectivity index (χ0v) is 13.3. The summed E-state index contributed by atoms with van der Waals surface area (Å²) < 4.78 is 5.36. The maximum atomic E-state index is 12.6. The normalized spacial score (nSPS) is 17.7. The predicted molar refractivity (Wildman–Crippen MR) is 87.2 cm³/mol. The molecule has 3 rings (SSSR count). The molecule has 0 unspecified atom stereocenters. The van der Waals surface area contributed by atoms with Crippen molar-refractivity contribution in [3.8, 4) is 16.3 Å². The molecule has 1 aromatic carbocycles. The number of thiazole rings is 1. The van der Waals surface area contributed by atoms with Crippen molar-refractivity contribution < 1.29 is 9.53 Å². The molecule has 1 atom stereocenters. The maximum Gasteiger partial charge on any atom is 0.273 e. The molecule has 0 spiro atoms. The second-order valence-corrected chi connectivity index (χ2v) is 6.13. The van der Waals surface area contributed by atoms with Crippen LogP contribution in [-0.4, -0.2) is 42.0 Å². The van der Waals surface area contributed by atoms with Gasteiger partial charge in [-0.2, -0.15) is 0 Å². The second kappa shape index (κ2) is 6.46. The number of methoxy groups -OCH3 is 1. The molecule has 2 N–H and O–H groups in total. The molecule has 1 aliphatic heterocycles. The summed E-state index contributed by atoms with van der Waals surface area (Å²) in [4.78, 5) is 19.0. The van der Waals surface area contributed by atoms with Crippen molar-refractivity contribution >= 4 is 17.2 Å². The van der Waals surface area contributed by atoms with Gasteiger partial charge in [-0.15, -0.1) is 11.3 Å². The van der Waals surface area contributed by atoms with Crippen molar-refractivity contribution in [3.63, 3.8) is 0 Å². The summed E-state index contributed by atoms with van der Waals surface area (Å²) >= 11 is 1.46. The minimum Gasteiger partial charge on any atom is -0.496 e. The lowest BCUT2D eigenvalue weighted by molar-refractivity contribution is 0.0736. The number of hydrogen-bond donors (Lipinski definition) is 1. The molecule has 6 heteroatoms. The van der Waals surface area contributed by atoms with Crippen LogP contribution < -0.4 is 10.5 Å². The molecule has 0 saturated carbocycles. The minimum atomic E-state index is -0.0228. The van der Waals surface area contributed by atoms with Gasteiger partial charge in [0.2, 0.25) is 0 Å². The van der Waals surface area contributed by atoms with Crippen molar-refractivity contribution in [1.29, 1.82) is 0 Å². The zero-order valence-electron chi connectivity index (χ0n) is 12.5. The third kappa shape index (κ3) is 2.71. The van der Waals surface area contributed by atoms with E-state index in [1.807, 2.05) is 34.5 Å². The maximum absolute atomic E-state index is 12.6. The lowest BCUT2D eigenvalue weighted by Gasteiger charge is -2.22. The number of para-hydroxylation sites is 1. The Morgan fingerprint density at radius 1 is 1.50 bits per heavy atom. The minimum absolute atomic E-state index is 0.0228. The Balaban J connectivity index is 1.86. The molecule has 1 fully saturated rings. The van der Waals surface area contributed by atoms with E-state index in [-0.39, 0.29) is 11.9 Å². The van der Waals surface area contributed by atoms with Crippen LogP contribution in [0.15, 0.2) is 29.6 Å². The molecule has 1 aromatic heterocycles. The summed E-state index contributed by atoms with van der Waals surface area (Å²) in [6, 6.07) is 7.83. The highest BCUT2D eigenvalue weighted by atomic mass is 32.1. The van der Waals surface area contributed by atoms with E-state index < -0.39 is 0 Å². The molecule has 0 radical (unpaired) electrons. The summed E-state index contributed by atoms with van der Waals surface area (Å²) in [5, 5.41) is 2.61. The molecule has 116 valence electrons. The standard InChI is InChI=1S/C16H19N3O2S/c1-21-14-7-3-2-6-12(14)15-18-13(10-22-15)16(20)19-8-4-5-11(19)9-17/h2-3,6-7,10-11H,4-5,8-9,17H2,1H3/t11-/m1/s1. The van der Waals surface area contributed by atoms with Crippen LogP contribution in [0.25, 0.3) is 10.6 Å². The third-order valence-electron chi connectivity index (χ3n) is 3.97. The topological polar surface area (TPSA) is 68.5 Å². The number of carbonyl (C=O) groups is 1. The molecule has 0 aliphatic carbocycles. The van der Waals surface area contributed by atoms with Crippen LogP contribution in [0.3, 0.4) is 0 Å². The van der Waals surface area contributed by atoms with E-state index >= 15 is 0 Å². The molecule has 1 amide bonds. The highest BCUT2D eigenvalue weighted by molar-refractivity contribution is 7.13. The molecule has 1 saturated heterocycles. The summed E-state index contributed by atoms with van der Waals surface area (Å²) in [6.07, 6.45) is 1.99. The smallest absolute Gasteiger partial charge is 0.273 e. The Labute approximate surface area is 133 Å². The first-order valence-electron chi connectivity index (χ1n) is 7.34. The van der Waals surface area contributed by atoms with Crippen molar-refractivity contribution in [2.45, 2.75) is 18.9 Å². The highest BCUT2D eigenvalue weighted by Crippen LogP contribution is 2.32. The summed E-state index contributed by atoms with van der Waals surface area (Å²) in [5.41, 5.74) is 7.15. The molecular formula is C16H19N3O2S. The average Bonchev–Trinajstić information content (AvgIpc) is 3.23. The van der Waals surface area contributed by atoms with Gasteiger partial charge in [-0.05, 0) is 25.0 Å². The van der Waals surface area contributed by atoms with Crippen molar-refractivity contribution in [1.82, 2.24) is 9.88 Å². The number of likely N-dealkylation sites (tertiary alicyclic amines) is 1. The predicted octanol–water partition coefficient (Wildman–Crippen LogP) is 2.38. The largest absolute Gasteiger partial charge is 0.496 e. The summed E-state index contributed by atoms with van der Waals surface area (Å²) in [5.74, 6) is 0.738. The molecule has 2 heterocycles. The SMILES string of the molecule is COc1ccccc1-c1nc(C(=O)N2CCC[C@@H]2CN)cs1. The van der Waals surface area contributed by atoms with Gasteiger partial charge >= 0.3 is 0 Å². The van der Waals surface area contributed by atoms with E-state index in [4.69, 9.17) is 10.5 Å². The summed E-state index contributed by atoms with van der Waals surface area (Å²) in [7, 11) is 1.63. The van der Waals surface area contributed by atoms with Gasteiger partial charge in [0.25, 0.3) is 5.91 Å².